The van der Waals surface area contributed by atoms with E-state index in [1.165, 1.54) is 0 Å². The molecule has 1 amide bonds. The van der Waals surface area contributed by atoms with Crippen molar-refractivity contribution in [1.29, 1.82) is 0 Å². The van der Waals surface area contributed by atoms with E-state index in [9.17, 15) is 9.90 Å². The zero-order chi connectivity index (χ0) is 16.2. The second-order valence-electron chi connectivity index (χ2n) is 5.12. The number of aromatic nitrogens is 1. The Morgan fingerprint density at radius 1 is 1.17 bits per heavy atom. The lowest BCUT2D eigenvalue weighted by molar-refractivity contribution is 0.0948. The molecule has 4 heteroatoms. The summed E-state index contributed by atoms with van der Waals surface area (Å²) in [6, 6.07) is 14.7. The molecule has 2 aromatic carbocycles. The van der Waals surface area contributed by atoms with E-state index in [0.717, 1.165) is 16.5 Å². The maximum Gasteiger partial charge on any atom is 0.255 e. The third kappa shape index (κ3) is 2.92. The lowest BCUT2D eigenvalue weighted by atomic mass is 10.1. The molecular formula is C19H16N2O2. The Morgan fingerprint density at radius 2 is 2.00 bits per heavy atom. The van der Waals surface area contributed by atoms with E-state index >= 15 is 0 Å². The molecule has 4 nitrogen and oxygen atoms in total. The van der Waals surface area contributed by atoms with Crippen molar-refractivity contribution >= 4 is 22.9 Å². The van der Waals surface area contributed by atoms with Gasteiger partial charge in [-0.05, 0) is 23.3 Å². The number of carbonyl (C=O) groups is 1. The van der Waals surface area contributed by atoms with E-state index in [1.54, 1.807) is 30.5 Å². The Kier molecular flexibility index (Phi) is 4.06. The third-order valence-electron chi connectivity index (χ3n) is 3.71. The Morgan fingerprint density at radius 3 is 2.83 bits per heavy atom. The van der Waals surface area contributed by atoms with Crippen LogP contribution >= 0.6 is 0 Å². The van der Waals surface area contributed by atoms with E-state index in [1.807, 2.05) is 30.3 Å². The van der Waals surface area contributed by atoms with Gasteiger partial charge in [0.1, 0.15) is 5.52 Å². The molecule has 1 heterocycles. The quantitative estimate of drug-likeness (QED) is 0.775. The number of hydrogen-bond donors (Lipinski definition) is 2. The zero-order valence-electron chi connectivity index (χ0n) is 12.5. The zero-order valence-corrected chi connectivity index (χ0v) is 12.5. The largest absolute Gasteiger partial charge is 0.505 e. The number of pyridine rings is 1. The first kappa shape index (κ1) is 14.8. The fraction of sp³-hybridized carbons (Fsp3) is 0.0526. The van der Waals surface area contributed by atoms with Crippen LogP contribution in [0.25, 0.3) is 17.0 Å². The number of amides is 1. The first-order valence-electron chi connectivity index (χ1n) is 7.26. The molecular weight excluding hydrogens is 288 g/mol. The average Bonchev–Trinajstić information content (AvgIpc) is 2.60. The van der Waals surface area contributed by atoms with Crippen LogP contribution < -0.4 is 5.32 Å². The molecule has 0 radical (unpaired) electrons. The number of phenols is 1. The molecule has 0 saturated carbocycles. The number of aromatic hydroxyl groups is 1. The van der Waals surface area contributed by atoms with Gasteiger partial charge in [0.25, 0.3) is 5.91 Å². The number of rotatable bonds is 4. The predicted molar refractivity (Wildman–Crippen MR) is 91.1 cm³/mol. The standard InChI is InChI=1S/C19H16N2O2/c1-2-13-6-3-4-7-15(13)12-21-19(23)16-10-9-14-8-5-11-20-17(14)18(16)22/h2-11,22H,1,12H2,(H,21,23). The van der Waals surface area contributed by atoms with Crippen molar-refractivity contribution in [2.75, 3.05) is 0 Å². The summed E-state index contributed by atoms with van der Waals surface area (Å²) < 4.78 is 0. The summed E-state index contributed by atoms with van der Waals surface area (Å²) in [6.45, 7) is 4.13. The fourth-order valence-corrected chi connectivity index (χ4v) is 2.48. The minimum absolute atomic E-state index is 0.0994. The molecule has 0 aliphatic carbocycles. The summed E-state index contributed by atoms with van der Waals surface area (Å²) in [5.74, 6) is -0.438. The van der Waals surface area contributed by atoms with E-state index in [-0.39, 0.29) is 17.2 Å². The second-order valence-corrected chi connectivity index (χ2v) is 5.12. The van der Waals surface area contributed by atoms with E-state index in [2.05, 4.69) is 16.9 Å². The van der Waals surface area contributed by atoms with Crippen LogP contribution in [-0.4, -0.2) is 16.0 Å². The van der Waals surface area contributed by atoms with Gasteiger partial charge in [-0.3, -0.25) is 9.78 Å². The van der Waals surface area contributed by atoms with Crippen LogP contribution in [0.15, 0.2) is 61.3 Å². The van der Waals surface area contributed by atoms with Crippen LogP contribution in [0.3, 0.4) is 0 Å². The maximum absolute atomic E-state index is 12.4. The van der Waals surface area contributed by atoms with E-state index in [4.69, 9.17) is 0 Å². The first-order valence-corrected chi connectivity index (χ1v) is 7.26. The Hall–Kier alpha value is -3.14. The van der Waals surface area contributed by atoms with Crippen molar-refractivity contribution in [3.05, 3.63) is 78.0 Å². The van der Waals surface area contributed by atoms with Crippen molar-refractivity contribution in [3.63, 3.8) is 0 Å². The van der Waals surface area contributed by atoms with Gasteiger partial charge in [-0.15, -0.1) is 0 Å². The van der Waals surface area contributed by atoms with Crippen LogP contribution in [0, 0.1) is 0 Å². The predicted octanol–water partition coefficient (Wildman–Crippen LogP) is 3.51. The molecule has 3 rings (SSSR count). The van der Waals surface area contributed by atoms with E-state index < -0.39 is 0 Å². The minimum atomic E-state index is -0.339. The Balaban J connectivity index is 1.84. The molecule has 0 aliphatic heterocycles. The summed E-state index contributed by atoms with van der Waals surface area (Å²) in [4.78, 5) is 16.5. The summed E-state index contributed by atoms with van der Waals surface area (Å²) in [5, 5.41) is 13.9. The highest BCUT2D eigenvalue weighted by Gasteiger charge is 2.14. The molecule has 0 atom stereocenters. The lowest BCUT2D eigenvalue weighted by Crippen LogP contribution is -2.23. The van der Waals surface area contributed by atoms with Crippen molar-refractivity contribution < 1.29 is 9.90 Å². The third-order valence-corrected chi connectivity index (χ3v) is 3.71. The lowest BCUT2D eigenvalue weighted by Gasteiger charge is -2.10. The van der Waals surface area contributed by atoms with Gasteiger partial charge in [0.05, 0.1) is 5.56 Å². The average molecular weight is 304 g/mol. The summed E-state index contributed by atoms with van der Waals surface area (Å²) in [6.07, 6.45) is 3.34. The monoisotopic (exact) mass is 304 g/mol. The van der Waals surface area contributed by atoms with Gasteiger partial charge >= 0.3 is 0 Å². The van der Waals surface area contributed by atoms with Gasteiger partial charge in [0.2, 0.25) is 0 Å². The van der Waals surface area contributed by atoms with Gasteiger partial charge in [0, 0.05) is 18.1 Å². The first-order chi connectivity index (χ1) is 11.2. The molecule has 0 aliphatic rings. The van der Waals surface area contributed by atoms with Gasteiger partial charge in [-0.25, -0.2) is 0 Å². The van der Waals surface area contributed by atoms with Crippen molar-refractivity contribution in [3.8, 4) is 5.75 Å². The molecule has 23 heavy (non-hydrogen) atoms. The molecule has 0 fully saturated rings. The molecule has 3 aromatic rings. The van der Waals surface area contributed by atoms with Crippen molar-refractivity contribution in [2.24, 2.45) is 0 Å². The van der Waals surface area contributed by atoms with Crippen LogP contribution in [0.4, 0.5) is 0 Å². The topological polar surface area (TPSA) is 62.2 Å². The van der Waals surface area contributed by atoms with Gasteiger partial charge in [-0.2, -0.15) is 0 Å². The molecule has 0 saturated heterocycles. The SMILES string of the molecule is C=Cc1ccccc1CNC(=O)c1ccc2cccnc2c1O. The van der Waals surface area contributed by atoms with Crippen LogP contribution in [0.5, 0.6) is 5.75 Å². The second kappa shape index (κ2) is 6.32. The number of carbonyl (C=O) groups excluding carboxylic acids is 1. The number of nitrogens with zero attached hydrogens (tertiary/aromatic N) is 1. The Bertz CT molecular complexity index is 887. The Labute approximate surface area is 134 Å². The molecule has 1 aromatic heterocycles. The smallest absolute Gasteiger partial charge is 0.255 e. The summed E-state index contributed by atoms with van der Waals surface area (Å²) in [7, 11) is 0. The number of benzene rings is 2. The molecule has 0 spiro atoms. The highest BCUT2D eigenvalue weighted by atomic mass is 16.3. The molecule has 2 N–H and O–H groups in total. The number of fused-ring (bicyclic) bond motifs is 1. The van der Waals surface area contributed by atoms with Crippen molar-refractivity contribution in [2.45, 2.75) is 6.54 Å². The van der Waals surface area contributed by atoms with Gasteiger partial charge in [0.15, 0.2) is 5.75 Å². The van der Waals surface area contributed by atoms with Crippen LogP contribution in [0.1, 0.15) is 21.5 Å². The molecule has 0 bridgehead atoms. The number of nitrogens with one attached hydrogen (secondary N) is 1. The van der Waals surface area contributed by atoms with Gasteiger partial charge < -0.3 is 10.4 Å². The molecule has 0 unspecified atom stereocenters. The number of phenolic OH excluding ortho intramolecular Hbond substituents is 1. The van der Waals surface area contributed by atoms with E-state index in [0.29, 0.717) is 12.1 Å². The summed E-state index contributed by atoms with van der Waals surface area (Å²) >= 11 is 0. The minimum Gasteiger partial charge on any atom is -0.505 e. The fourth-order valence-electron chi connectivity index (χ4n) is 2.48. The highest BCUT2D eigenvalue weighted by molar-refractivity contribution is 6.02. The van der Waals surface area contributed by atoms with Crippen molar-refractivity contribution in [1.82, 2.24) is 10.3 Å². The molecule has 114 valence electrons. The summed E-state index contributed by atoms with van der Waals surface area (Å²) in [5.41, 5.74) is 2.57. The van der Waals surface area contributed by atoms with Crippen LogP contribution in [0.2, 0.25) is 0 Å². The number of hydrogen-bond acceptors (Lipinski definition) is 3. The normalized spacial score (nSPS) is 10.4. The maximum atomic E-state index is 12.4. The van der Waals surface area contributed by atoms with Crippen LogP contribution in [-0.2, 0) is 6.54 Å². The van der Waals surface area contributed by atoms with Gasteiger partial charge in [-0.1, -0.05) is 49.1 Å². The highest BCUT2D eigenvalue weighted by Crippen LogP contribution is 2.26.